The number of esters is 1. The number of aromatic hydroxyl groups is 1. The number of aromatic nitrogens is 8. The van der Waals surface area contributed by atoms with Crippen LogP contribution in [-0.2, 0) is 34.8 Å². The molecule has 6 heterocycles. The standard InChI is InChI=1S/C23H23N3O5.2C9H18N6/c1-4-23(30)16-8-18-20-12(9-26(18)21(28)15(16)11-31-22(23)29)7-13-14(10-25(2)3)19(27)6-5-17(13)24-20;2*1-13(2)7-10-8(14(3)4)12-9(11-7)15(5)6/h5-8,27,30H,4,9-11H2,1-3H3;2*1-6H3/t23-;;/m0../s1. The van der Waals surface area contributed by atoms with Crippen molar-refractivity contribution in [3.8, 4) is 17.1 Å². The van der Waals surface area contributed by atoms with E-state index < -0.39 is 11.6 Å². The van der Waals surface area contributed by atoms with Crippen molar-refractivity contribution in [1.82, 2.24) is 44.4 Å². The summed E-state index contributed by atoms with van der Waals surface area (Å²) in [6, 6.07) is 7.05. The van der Waals surface area contributed by atoms with Gasteiger partial charge in [0, 0.05) is 113 Å². The van der Waals surface area contributed by atoms with Crippen molar-refractivity contribution in [2.24, 2.45) is 0 Å². The molecule has 61 heavy (non-hydrogen) atoms. The summed E-state index contributed by atoms with van der Waals surface area (Å²) < 4.78 is 6.71. The van der Waals surface area contributed by atoms with Crippen LogP contribution in [0.2, 0.25) is 0 Å². The van der Waals surface area contributed by atoms with Crippen LogP contribution in [0.1, 0.15) is 35.6 Å². The van der Waals surface area contributed by atoms with Crippen LogP contribution in [-0.4, -0.2) is 159 Å². The smallest absolute Gasteiger partial charge is 0.343 e. The van der Waals surface area contributed by atoms with Crippen molar-refractivity contribution in [1.29, 1.82) is 0 Å². The van der Waals surface area contributed by atoms with Gasteiger partial charge in [-0.3, -0.25) is 4.79 Å². The molecule has 0 fully saturated rings. The molecule has 0 spiro atoms. The first-order chi connectivity index (χ1) is 28.6. The first-order valence-corrected chi connectivity index (χ1v) is 19.6. The van der Waals surface area contributed by atoms with Gasteiger partial charge in [0.25, 0.3) is 5.56 Å². The van der Waals surface area contributed by atoms with E-state index in [2.05, 4.69) is 29.9 Å². The van der Waals surface area contributed by atoms with Crippen molar-refractivity contribution >= 4 is 52.6 Å². The lowest BCUT2D eigenvalue weighted by Gasteiger charge is -2.31. The summed E-state index contributed by atoms with van der Waals surface area (Å²) in [5.41, 5.74) is 2.03. The maximum absolute atomic E-state index is 13.2. The monoisotopic (exact) mass is 841 g/mol. The molecule has 0 saturated heterocycles. The van der Waals surface area contributed by atoms with Crippen molar-refractivity contribution in [3.63, 3.8) is 0 Å². The van der Waals surface area contributed by atoms with Gasteiger partial charge >= 0.3 is 5.97 Å². The number of phenols is 1. The normalized spacial score (nSPS) is 14.7. The molecule has 0 unspecified atom stereocenters. The molecule has 1 aromatic carbocycles. The molecule has 0 saturated carbocycles. The second kappa shape index (κ2) is 18.1. The Morgan fingerprint density at radius 3 is 1.51 bits per heavy atom. The molecule has 0 bridgehead atoms. The van der Waals surface area contributed by atoms with Crippen molar-refractivity contribution < 1.29 is 19.7 Å². The molecule has 0 amide bonds. The number of nitrogens with zero attached hydrogens (tertiary/aromatic N) is 15. The largest absolute Gasteiger partial charge is 0.508 e. The number of rotatable bonds is 9. The third-order valence-corrected chi connectivity index (χ3v) is 9.85. The summed E-state index contributed by atoms with van der Waals surface area (Å²) in [6.45, 7) is 2.41. The minimum Gasteiger partial charge on any atom is -0.508 e. The van der Waals surface area contributed by atoms with E-state index in [9.17, 15) is 19.8 Å². The van der Waals surface area contributed by atoms with Gasteiger partial charge < -0.3 is 53.8 Å². The molecule has 2 N–H and O–H groups in total. The molecule has 2 aliphatic rings. The van der Waals surface area contributed by atoms with Gasteiger partial charge in [0.05, 0.1) is 29.0 Å². The molecule has 0 radical (unpaired) electrons. The summed E-state index contributed by atoms with van der Waals surface area (Å²) in [7, 11) is 26.8. The number of ether oxygens (including phenoxy) is 1. The van der Waals surface area contributed by atoms with Crippen LogP contribution in [0.4, 0.5) is 35.7 Å². The first-order valence-electron chi connectivity index (χ1n) is 19.6. The lowest BCUT2D eigenvalue weighted by Crippen LogP contribution is -2.44. The number of phenolic OH excluding ortho intramolecular Hbond substituents is 1. The van der Waals surface area contributed by atoms with Gasteiger partial charge in [-0.2, -0.15) is 29.9 Å². The second-order valence-electron chi connectivity index (χ2n) is 16.3. The van der Waals surface area contributed by atoms with Crippen molar-refractivity contribution in [3.05, 3.63) is 56.9 Å². The molecule has 1 atom stereocenters. The Balaban J connectivity index is 0.000000197. The zero-order valence-electron chi connectivity index (χ0n) is 38.0. The van der Waals surface area contributed by atoms with Gasteiger partial charge in [0.1, 0.15) is 12.4 Å². The summed E-state index contributed by atoms with van der Waals surface area (Å²) in [5.74, 6) is 3.45. The topological polar surface area (TPSA) is 202 Å². The van der Waals surface area contributed by atoms with Crippen molar-refractivity contribution in [2.75, 3.05) is 128 Å². The molecule has 5 aromatic rings. The Morgan fingerprint density at radius 2 is 1.11 bits per heavy atom. The fraction of sp³-hybridized carbons (Fsp3) is 0.488. The fourth-order valence-corrected chi connectivity index (χ4v) is 6.47. The second-order valence-corrected chi connectivity index (χ2v) is 16.3. The van der Waals surface area contributed by atoms with E-state index in [-0.39, 0.29) is 24.3 Å². The Hall–Kier alpha value is -6.41. The van der Waals surface area contributed by atoms with Gasteiger partial charge in [0.15, 0.2) is 5.60 Å². The number of anilines is 6. The van der Waals surface area contributed by atoms with E-state index in [0.717, 1.165) is 16.5 Å². The van der Waals surface area contributed by atoms with Crippen LogP contribution in [0.5, 0.6) is 5.75 Å². The van der Waals surface area contributed by atoms with E-state index in [1.807, 2.05) is 139 Å². The van der Waals surface area contributed by atoms with Crippen LogP contribution in [0, 0.1) is 0 Å². The van der Waals surface area contributed by atoms with Gasteiger partial charge in [-0.15, -0.1) is 0 Å². The number of carbonyl (C=O) groups is 1. The highest BCUT2D eigenvalue weighted by molar-refractivity contribution is 5.89. The van der Waals surface area contributed by atoms with Gasteiger partial charge in [-0.1, -0.05) is 6.92 Å². The summed E-state index contributed by atoms with van der Waals surface area (Å²) >= 11 is 0. The number of hydrogen-bond acceptors (Lipinski definition) is 19. The minimum absolute atomic E-state index is 0.104. The van der Waals surface area contributed by atoms with Crippen LogP contribution in [0.15, 0.2) is 29.1 Å². The van der Waals surface area contributed by atoms with Crippen LogP contribution < -0.4 is 35.0 Å². The van der Waals surface area contributed by atoms with E-state index in [1.165, 1.54) is 0 Å². The molecule has 328 valence electrons. The van der Waals surface area contributed by atoms with Crippen molar-refractivity contribution in [2.45, 2.75) is 38.6 Å². The van der Waals surface area contributed by atoms with Gasteiger partial charge in [-0.05, 0) is 44.8 Å². The molecule has 2 aliphatic heterocycles. The number of hydrogen-bond donors (Lipinski definition) is 2. The van der Waals surface area contributed by atoms with E-state index in [0.29, 0.717) is 76.8 Å². The number of cyclic esters (lactones) is 1. The Labute approximate surface area is 356 Å². The molecule has 7 rings (SSSR count). The number of carbonyl (C=O) groups excluding carboxylic acids is 1. The zero-order chi connectivity index (χ0) is 45.2. The summed E-state index contributed by atoms with van der Waals surface area (Å²) in [6.07, 6.45) is 0.104. The maximum atomic E-state index is 13.2. The first kappa shape index (κ1) is 45.7. The lowest BCUT2D eigenvalue weighted by atomic mass is 9.86. The predicted octanol–water partition coefficient (Wildman–Crippen LogP) is 1.99. The molecular weight excluding hydrogens is 783 g/mol. The maximum Gasteiger partial charge on any atom is 0.343 e. The third-order valence-electron chi connectivity index (χ3n) is 9.85. The number of benzene rings is 1. The van der Waals surface area contributed by atoms with Gasteiger partial charge in [0.2, 0.25) is 35.7 Å². The molecule has 20 nitrogen and oxygen atoms in total. The lowest BCUT2D eigenvalue weighted by molar-refractivity contribution is -0.172. The van der Waals surface area contributed by atoms with Crippen LogP contribution >= 0.6 is 0 Å². The number of pyridine rings is 2. The fourth-order valence-electron chi connectivity index (χ4n) is 6.47. The SMILES string of the molecule is CC[C@@]1(O)C(=O)OCc2c1cc1n(c2=O)Cc2cc3c(CN(C)C)c(O)ccc3nc2-1.CN(C)c1nc(N(C)C)nc(N(C)C)n1.CN(C)c1nc(N(C)C)nc(N(C)C)n1. The summed E-state index contributed by atoms with van der Waals surface area (Å²) in [4.78, 5) is 69.4. The van der Waals surface area contributed by atoms with Gasteiger partial charge in [-0.25, -0.2) is 9.78 Å². The van der Waals surface area contributed by atoms with E-state index in [1.54, 1.807) is 29.7 Å². The highest BCUT2D eigenvalue weighted by Gasteiger charge is 2.45. The molecular formula is C41H59N15O5. The minimum atomic E-state index is -1.84. The highest BCUT2D eigenvalue weighted by Crippen LogP contribution is 2.39. The highest BCUT2D eigenvalue weighted by atomic mass is 16.6. The number of aliphatic hydroxyl groups is 1. The average Bonchev–Trinajstić information content (AvgIpc) is 3.57. The Kier molecular flexibility index (Phi) is 13.5. The quantitative estimate of drug-likeness (QED) is 0.200. The molecule has 4 aromatic heterocycles. The molecule has 20 heteroatoms. The van der Waals surface area contributed by atoms with Crippen LogP contribution in [0.3, 0.4) is 0 Å². The number of fused-ring (bicyclic) bond motifs is 5. The Bertz CT molecular complexity index is 2270. The van der Waals surface area contributed by atoms with Crippen LogP contribution in [0.25, 0.3) is 22.3 Å². The third kappa shape index (κ3) is 9.49. The zero-order valence-corrected chi connectivity index (χ0v) is 38.0. The average molecular weight is 842 g/mol. The predicted molar refractivity (Wildman–Crippen MR) is 239 cm³/mol. The summed E-state index contributed by atoms with van der Waals surface area (Å²) in [5, 5.41) is 22.2. The Morgan fingerprint density at radius 1 is 0.672 bits per heavy atom. The van der Waals surface area contributed by atoms with E-state index >= 15 is 0 Å². The molecule has 0 aliphatic carbocycles. The van der Waals surface area contributed by atoms with E-state index in [4.69, 9.17) is 9.72 Å².